The van der Waals surface area contributed by atoms with E-state index in [0.717, 1.165) is 14.6 Å². The SMILES string of the molecule is COc1ccc(N/C(N)=N/c2nc(CSc3nc4ccccc4s3)cc(=O)[nH]2)c(OC)c1. The van der Waals surface area contributed by atoms with Crippen LogP contribution in [0.4, 0.5) is 11.6 Å². The summed E-state index contributed by atoms with van der Waals surface area (Å²) in [5.74, 6) is 1.81. The average molecular weight is 469 g/mol. The molecule has 0 spiro atoms. The van der Waals surface area contributed by atoms with Crippen molar-refractivity contribution in [1.29, 1.82) is 0 Å². The number of hydrogen-bond acceptors (Lipinski definition) is 8. The third kappa shape index (κ3) is 5.18. The second kappa shape index (κ2) is 9.71. The van der Waals surface area contributed by atoms with E-state index in [2.05, 4.69) is 25.3 Å². The molecule has 0 amide bonds. The quantitative estimate of drug-likeness (QED) is 0.213. The van der Waals surface area contributed by atoms with Crippen LogP contribution < -0.4 is 26.1 Å². The highest BCUT2D eigenvalue weighted by atomic mass is 32.2. The van der Waals surface area contributed by atoms with Crippen LogP contribution in [0.3, 0.4) is 0 Å². The first-order chi connectivity index (χ1) is 15.5. The van der Waals surface area contributed by atoms with Gasteiger partial charge in [0.05, 0.1) is 35.8 Å². The smallest absolute Gasteiger partial charge is 0.252 e. The fourth-order valence-electron chi connectivity index (χ4n) is 2.85. The number of fused-ring (bicyclic) bond motifs is 1. The number of thiazole rings is 1. The minimum Gasteiger partial charge on any atom is -0.497 e. The average Bonchev–Trinajstić information content (AvgIpc) is 3.20. The van der Waals surface area contributed by atoms with Crippen molar-refractivity contribution in [1.82, 2.24) is 15.0 Å². The zero-order chi connectivity index (χ0) is 22.5. The van der Waals surface area contributed by atoms with Crippen molar-refractivity contribution >= 4 is 50.9 Å². The van der Waals surface area contributed by atoms with Crippen molar-refractivity contribution in [3.63, 3.8) is 0 Å². The highest BCUT2D eigenvalue weighted by molar-refractivity contribution is 8.00. The lowest BCUT2D eigenvalue weighted by Crippen LogP contribution is -2.23. The zero-order valence-electron chi connectivity index (χ0n) is 17.3. The minimum absolute atomic E-state index is 0.0487. The van der Waals surface area contributed by atoms with Crippen molar-refractivity contribution in [2.24, 2.45) is 10.7 Å². The molecule has 0 saturated heterocycles. The second-order valence-corrected chi connectivity index (χ2v) is 8.74. The van der Waals surface area contributed by atoms with Gasteiger partial charge in [-0.1, -0.05) is 23.9 Å². The monoisotopic (exact) mass is 468 g/mol. The third-order valence-corrected chi connectivity index (χ3v) is 6.51. The third-order valence-electron chi connectivity index (χ3n) is 4.30. The van der Waals surface area contributed by atoms with E-state index >= 15 is 0 Å². The van der Waals surface area contributed by atoms with E-state index in [1.807, 2.05) is 24.3 Å². The number of aromatic nitrogens is 3. The van der Waals surface area contributed by atoms with Crippen molar-refractivity contribution < 1.29 is 9.47 Å². The van der Waals surface area contributed by atoms with E-state index in [1.165, 1.54) is 17.8 Å². The maximum atomic E-state index is 12.1. The van der Waals surface area contributed by atoms with Gasteiger partial charge in [-0.3, -0.25) is 9.78 Å². The molecule has 164 valence electrons. The van der Waals surface area contributed by atoms with Crippen LogP contribution in [0, 0.1) is 0 Å². The zero-order valence-corrected chi connectivity index (χ0v) is 18.9. The van der Waals surface area contributed by atoms with Crippen LogP contribution in [0.25, 0.3) is 10.2 Å². The number of nitrogens with zero attached hydrogens (tertiary/aromatic N) is 3. The van der Waals surface area contributed by atoms with E-state index in [-0.39, 0.29) is 17.5 Å². The maximum absolute atomic E-state index is 12.1. The number of nitrogens with one attached hydrogen (secondary N) is 2. The van der Waals surface area contributed by atoms with Crippen LogP contribution in [0.2, 0.25) is 0 Å². The summed E-state index contributed by atoms with van der Waals surface area (Å²) in [6.07, 6.45) is 0. The lowest BCUT2D eigenvalue weighted by molar-refractivity contribution is 0.395. The number of benzene rings is 2. The standard InChI is InChI=1S/C21H20N6O3S2/c1-29-13-7-8-14(16(10-13)30-2)24-19(22)27-20-23-12(9-18(28)26-20)11-31-21-25-15-5-3-4-6-17(15)32-21/h3-10H,11H2,1-2H3,(H4,22,23,24,26,27,28). The molecule has 0 aliphatic heterocycles. The Morgan fingerprint density at radius 2 is 2.03 bits per heavy atom. The molecule has 0 aliphatic carbocycles. The summed E-state index contributed by atoms with van der Waals surface area (Å²) in [7, 11) is 3.11. The molecule has 11 heteroatoms. The Hall–Kier alpha value is -3.57. The largest absolute Gasteiger partial charge is 0.497 e. The molecule has 4 aromatic rings. The number of nitrogens with two attached hydrogens (primary N) is 1. The van der Waals surface area contributed by atoms with E-state index < -0.39 is 0 Å². The number of ether oxygens (including phenoxy) is 2. The van der Waals surface area contributed by atoms with Gasteiger partial charge in [0, 0.05) is 17.9 Å². The number of hydrogen-bond donors (Lipinski definition) is 3. The van der Waals surface area contributed by atoms with Gasteiger partial charge in [-0.15, -0.1) is 11.3 Å². The number of aliphatic imine (C=N–C) groups is 1. The number of rotatable bonds is 7. The van der Waals surface area contributed by atoms with Crippen LogP contribution >= 0.6 is 23.1 Å². The van der Waals surface area contributed by atoms with Crippen LogP contribution in [0.1, 0.15) is 5.69 Å². The molecule has 32 heavy (non-hydrogen) atoms. The minimum atomic E-state index is -0.312. The van der Waals surface area contributed by atoms with Crippen molar-refractivity contribution in [2.75, 3.05) is 19.5 Å². The van der Waals surface area contributed by atoms with Gasteiger partial charge in [0.1, 0.15) is 11.5 Å². The molecule has 0 atom stereocenters. The molecular formula is C21H20N6O3S2. The fourth-order valence-corrected chi connectivity index (χ4v) is 4.81. The summed E-state index contributed by atoms with van der Waals surface area (Å²) < 4.78 is 12.6. The van der Waals surface area contributed by atoms with Crippen LogP contribution in [-0.2, 0) is 5.75 Å². The van der Waals surface area contributed by atoms with Crippen molar-refractivity contribution in [3.8, 4) is 11.5 Å². The first-order valence-corrected chi connectivity index (χ1v) is 11.3. The predicted molar refractivity (Wildman–Crippen MR) is 128 cm³/mol. The van der Waals surface area contributed by atoms with E-state index in [4.69, 9.17) is 15.2 Å². The molecule has 2 aromatic carbocycles. The highest BCUT2D eigenvalue weighted by Crippen LogP contribution is 2.31. The van der Waals surface area contributed by atoms with Crippen LogP contribution in [0.5, 0.6) is 11.5 Å². The highest BCUT2D eigenvalue weighted by Gasteiger charge is 2.09. The molecule has 0 bridgehead atoms. The van der Waals surface area contributed by atoms with Gasteiger partial charge in [-0.25, -0.2) is 9.97 Å². The number of anilines is 1. The summed E-state index contributed by atoms with van der Waals surface area (Å²) in [5.41, 5.74) is 7.83. The molecule has 9 nitrogen and oxygen atoms in total. The van der Waals surface area contributed by atoms with Crippen molar-refractivity contribution in [3.05, 3.63) is 64.6 Å². The normalized spacial score (nSPS) is 11.5. The molecule has 4 rings (SSSR count). The van der Waals surface area contributed by atoms with Gasteiger partial charge in [-0.2, -0.15) is 4.99 Å². The Balaban J connectivity index is 1.49. The Bertz CT molecular complexity index is 1300. The topological polar surface area (TPSA) is 128 Å². The van der Waals surface area contributed by atoms with Gasteiger partial charge >= 0.3 is 0 Å². The predicted octanol–water partition coefficient (Wildman–Crippen LogP) is 3.75. The lowest BCUT2D eigenvalue weighted by atomic mass is 10.2. The summed E-state index contributed by atoms with van der Waals surface area (Å²) in [4.78, 5) is 27.8. The molecule has 4 N–H and O–H groups in total. The first-order valence-electron chi connectivity index (χ1n) is 9.46. The Kier molecular flexibility index (Phi) is 6.57. The van der Waals surface area contributed by atoms with E-state index in [0.29, 0.717) is 28.6 Å². The van der Waals surface area contributed by atoms with E-state index in [9.17, 15) is 4.79 Å². The fraction of sp³-hybridized carbons (Fsp3) is 0.143. The number of aromatic amines is 1. The Morgan fingerprint density at radius 3 is 2.81 bits per heavy atom. The number of guanidine groups is 1. The Labute approximate surface area is 191 Å². The summed E-state index contributed by atoms with van der Waals surface area (Å²) >= 11 is 3.12. The molecule has 0 aliphatic rings. The molecule has 0 saturated carbocycles. The van der Waals surface area contributed by atoms with Gasteiger partial charge < -0.3 is 20.5 Å². The van der Waals surface area contributed by atoms with Gasteiger partial charge in [0.25, 0.3) is 5.56 Å². The number of thioether (sulfide) groups is 1. The van der Waals surface area contributed by atoms with Gasteiger partial charge in [0.2, 0.25) is 11.9 Å². The summed E-state index contributed by atoms with van der Waals surface area (Å²) in [6.45, 7) is 0. The molecule has 0 radical (unpaired) electrons. The van der Waals surface area contributed by atoms with Gasteiger partial charge in [-0.05, 0) is 24.3 Å². The van der Waals surface area contributed by atoms with Crippen LogP contribution in [-0.4, -0.2) is 35.1 Å². The number of methoxy groups -OCH3 is 2. The molecule has 2 aromatic heterocycles. The molecule has 0 fully saturated rings. The lowest BCUT2D eigenvalue weighted by Gasteiger charge is -2.11. The Morgan fingerprint density at radius 1 is 1.19 bits per heavy atom. The van der Waals surface area contributed by atoms with Crippen LogP contribution in [0.15, 0.2) is 62.7 Å². The van der Waals surface area contributed by atoms with Crippen molar-refractivity contribution in [2.45, 2.75) is 10.1 Å². The molecular weight excluding hydrogens is 448 g/mol. The molecule has 2 heterocycles. The van der Waals surface area contributed by atoms with Gasteiger partial charge in [0.15, 0.2) is 4.34 Å². The van der Waals surface area contributed by atoms with E-state index in [1.54, 1.807) is 43.8 Å². The number of para-hydroxylation sites is 1. The second-order valence-electron chi connectivity index (χ2n) is 6.48. The maximum Gasteiger partial charge on any atom is 0.252 e. The summed E-state index contributed by atoms with van der Waals surface area (Å²) in [6, 6.07) is 14.6. The summed E-state index contributed by atoms with van der Waals surface area (Å²) in [5, 5.41) is 2.94. The number of H-pyrrole nitrogens is 1. The molecule has 0 unspecified atom stereocenters. The first kappa shape index (κ1) is 21.7.